The zero-order chi connectivity index (χ0) is 15.8. The Bertz CT molecular complexity index is 503. The molecule has 7 heteroatoms. The second kappa shape index (κ2) is 8.21. The summed E-state index contributed by atoms with van der Waals surface area (Å²) in [5.41, 5.74) is 0.679. The van der Waals surface area contributed by atoms with Crippen molar-refractivity contribution in [2.24, 2.45) is 0 Å². The number of carbonyl (C=O) groups excluding carboxylic acids is 1. The smallest absolute Gasteiger partial charge is 0.270 e. The van der Waals surface area contributed by atoms with Crippen molar-refractivity contribution in [3.63, 3.8) is 0 Å². The van der Waals surface area contributed by atoms with Crippen LogP contribution in [0.3, 0.4) is 0 Å². The molecule has 0 fully saturated rings. The van der Waals surface area contributed by atoms with Crippen molar-refractivity contribution in [3.8, 4) is 5.75 Å². The lowest BCUT2D eigenvalue weighted by Crippen LogP contribution is -2.27. The van der Waals surface area contributed by atoms with E-state index < -0.39 is 4.92 Å². The summed E-state index contributed by atoms with van der Waals surface area (Å²) in [5, 5.41) is 14.0. The number of non-ortho nitro benzene ring substituents is 1. The Morgan fingerprint density at radius 2 is 2.14 bits per heavy atom. The van der Waals surface area contributed by atoms with E-state index in [0.717, 1.165) is 13.0 Å². The third-order valence-electron chi connectivity index (χ3n) is 2.85. The maximum atomic E-state index is 11.5. The van der Waals surface area contributed by atoms with Crippen molar-refractivity contribution in [3.05, 3.63) is 33.9 Å². The van der Waals surface area contributed by atoms with Gasteiger partial charge in [-0.25, -0.2) is 0 Å². The first-order valence-corrected chi connectivity index (χ1v) is 6.76. The maximum absolute atomic E-state index is 11.5. The number of rotatable bonds is 8. The summed E-state index contributed by atoms with van der Waals surface area (Å²) in [6.07, 6.45) is 0.963. The molecule has 0 radical (unpaired) electrons. The minimum Gasteiger partial charge on any atom is -0.483 e. The van der Waals surface area contributed by atoms with Crippen LogP contribution >= 0.6 is 0 Å². The summed E-state index contributed by atoms with van der Waals surface area (Å²) in [6.45, 7) is 3.21. The molecule has 21 heavy (non-hydrogen) atoms. The average Bonchev–Trinajstić information content (AvgIpc) is 2.45. The van der Waals surface area contributed by atoms with Crippen molar-refractivity contribution >= 4 is 11.6 Å². The van der Waals surface area contributed by atoms with Crippen LogP contribution in [0.5, 0.6) is 5.75 Å². The van der Waals surface area contributed by atoms with Gasteiger partial charge in [0, 0.05) is 38.3 Å². The number of amides is 1. The van der Waals surface area contributed by atoms with Crippen LogP contribution in [0.25, 0.3) is 0 Å². The molecule has 7 nitrogen and oxygen atoms in total. The molecule has 0 bridgehead atoms. The molecule has 0 aliphatic heterocycles. The van der Waals surface area contributed by atoms with Crippen LogP contribution < -0.4 is 10.1 Å². The van der Waals surface area contributed by atoms with Gasteiger partial charge in [0.1, 0.15) is 5.75 Å². The predicted molar refractivity (Wildman–Crippen MR) is 79.3 cm³/mol. The van der Waals surface area contributed by atoms with E-state index in [9.17, 15) is 14.9 Å². The average molecular weight is 295 g/mol. The second-order valence-corrected chi connectivity index (χ2v) is 4.80. The molecule has 1 rings (SSSR count). The Morgan fingerprint density at radius 3 is 2.71 bits per heavy atom. The Morgan fingerprint density at radius 1 is 1.43 bits per heavy atom. The van der Waals surface area contributed by atoms with E-state index in [1.807, 2.05) is 6.92 Å². The highest BCUT2D eigenvalue weighted by molar-refractivity contribution is 5.77. The van der Waals surface area contributed by atoms with E-state index in [1.165, 1.54) is 23.1 Å². The molecule has 1 N–H and O–H groups in total. The van der Waals surface area contributed by atoms with Crippen LogP contribution in [0.1, 0.15) is 18.9 Å². The van der Waals surface area contributed by atoms with Gasteiger partial charge >= 0.3 is 0 Å². The fourth-order valence-electron chi connectivity index (χ4n) is 1.63. The highest BCUT2D eigenvalue weighted by atomic mass is 16.6. The summed E-state index contributed by atoms with van der Waals surface area (Å²) in [7, 11) is 3.29. The summed E-state index contributed by atoms with van der Waals surface area (Å²) in [5.74, 6) is 0.320. The number of carbonyl (C=O) groups is 1. The number of benzene rings is 1. The van der Waals surface area contributed by atoms with Gasteiger partial charge in [0.15, 0.2) is 6.61 Å². The molecule has 0 saturated heterocycles. The molecule has 1 amide bonds. The SMILES string of the molecule is CCCNCc1cc([N+](=O)[O-])ccc1OCC(=O)N(C)C. The van der Waals surface area contributed by atoms with Crippen molar-refractivity contribution in [1.82, 2.24) is 10.2 Å². The first-order chi connectivity index (χ1) is 9.95. The standard InChI is InChI=1S/C14H21N3O4/c1-4-7-15-9-11-8-12(17(19)20)5-6-13(11)21-10-14(18)16(2)3/h5-6,8,15H,4,7,9-10H2,1-3H3. The Labute approximate surface area is 124 Å². The summed E-state index contributed by atoms with van der Waals surface area (Å²) >= 11 is 0. The summed E-state index contributed by atoms with van der Waals surface area (Å²) < 4.78 is 5.47. The van der Waals surface area contributed by atoms with Gasteiger partial charge in [-0.1, -0.05) is 6.92 Å². The molecule has 0 aliphatic carbocycles. The van der Waals surface area contributed by atoms with Crippen LogP contribution in [-0.2, 0) is 11.3 Å². The molecular weight excluding hydrogens is 274 g/mol. The van der Waals surface area contributed by atoms with Crippen LogP contribution in [0, 0.1) is 10.1 Å². The quantitative estimate of drug-likeness (QED) is 0.447. The van der Waals surface area contributed by atoms with E-state index >= 15 is 0 Å². The molecule has 0 unspecified atom stereocenters. The molecule has 0 spiro atoms. The van der Waals surface area contributed by atoms with Gasteiger partial charge in [0.2, 0.25) is 0 Å². The lowest BCUT2D eigenvalue weighted by Gasteiger charge is -2.14. The third-order valence-corrected chi connectivity index (χ3v) is 2.85. The van der Waals surface area contributed by atoms with E-state index in [1.54, 1.807) is 14.1 Å². The Kier molecular flexibility index (Phi) is 6.61. The van der Waals surface area contributed by atoms with Crippen LogP contribution in [-0.4, -0.2) is 43.0 Å². The molecule has 1 aromatic rings. The minimum absolute atomic E-state index is 0.00887. The lowest BCUT2D eigenvalue weighted by atomic mass is 10.1. The van der Waals surface area contributed by atoms with Gasteiger partial charge in [-0.3, -0.25) is 14.9 Å². The lowest BCUT2D eigenvalue weighted by molar-refractivity contribution is -0.384. The predicted octanol–water partition coefficient (Wildman–Crippen LogP) is 1.56. The van der Waals surface area contributed by atoms with Crippen molar-refractivity contribution < 1.29 is 14.5 Å². The number of hydrogen-bond acceptors (Lipinski definition) is 5. The fraction of sp³-hybridized carbons (Fsp3) is 0.500. The van der Waals surface area contributed by atoms with Crippen molar-refractivity contribution in [2.45, 2.75) is 19.9 Å². The monoisotopic (exact) mass is 295 g/mol. The highest BCUT2D eigenvalue weighted by Crippen LogP contribution is 2.24. The van der Waals surface area contributed by atoms with Crippen LogP contribution in [0.4, 0.5) is 5.69 Å². The largest absolute Gasteiger partial charge is 0.483 e. The van der Waals surface area contributed by atoms with Crippen molar-refractivity contribution in [2.75, 3.05) is 27.2 Å². The van der Waals surface area contributed by atoms with Crippen LogP contribution in [0.2, 0.25) is 0 Å². The zero-order valence-corrected chi connectivity index (χ0v) is 12.6. The number of hydrogen-bond donors (Lipinski definition) is 1. The number of nitro benzene ring substituents is 1. The van der Waals surface area contributed by atoms with Gasteiger partial charge < -0.3 is 15.0 Å². The minimum atomic E-state index is -0.446. The number of ether oxygens (including phenoxy) is 1. The molecule has 1 aromatic carbocycles. The molecule has 0 saturated carbocycles. The number of likely N-dealkylation sites (N-methyl/N-ethyl adjacent to an activating group) is 1. The maximum Gasteiger partial charge on any atom is 0.270 e. The molecule has 0 aromatic heterocycles. The van der Waals surface area contributed by atoms with Gasteiger partial charge in [0.05, 0.1) is 4.92 Å². The summed E-state index contributed by atoms with van der Waals surface area (Å²) in [6, 6.07) is 4.38. The first kappa shape index (κ1) is 16.9. The molecule has 116 valence electrons. The van der Waals surface area contributed by atoms with E-state index in [4.69, 9.17) is 4.74 Å². The van der Waals surface area contributed by atoms with E-state index in [-0.39, 0.29) is 18.2 Å². The second-order valence-electron chi connectivity index (χ2n) is 4.80. The van der Waals surface area contributed by atoms with Gasteiger partial charge in [-0.05, 0) is 19.0 Å². The Balaban J connectivity index is 2.84. The van der Waals surface area contributed by atoms with Crippen molar-refractivity contribution in [1.29, 1.82) is 0 Å². The number of nitrogens with zero attached hydrogens (tertiary/aromatic N) is 2. The Hall–Kier alpha value is -2.15. The fourth-order valence-corrected chi connectivity index (χ4v) is 1.63. The topological polar surface area (TPSA) is 84.7 Å². The molecule has 0 heterocycles. The molecular formula is C14H21N3O4. The zero-order valence-electron chi connectivity index (χ0n) is 12.6. The normalized spacial score (nSPS) is 10.2. The van der Waals surface area contributed by atoms with Crippen LogP contribution in [0.15, 0.2) is 18.2 Å². The van der Waals surface area contributed by atoms with Gasteiger partial charge in [-0.2, -0.15) is 0 Å². The van der Waals surface area contributed by atoms with Gasteiger partial charge in [-0.15, -0.1) is 0 Å². The molecule has 0 atom stereocenters. The van der Waals surface area contributed by atoms with E-state index in [0.29, 0.717) is 17.9 Å². The third kappa shape index (κ3) is 5.39. The highest BCUT2D eigenvalue weighted by Gasteiger charge is 2.13. The summed E-state index contributed by atoms with van der Waals surface area (Å²) in [4.78, 5) is 23.4. The number of nitro groups is 1. The molecule has 0 aliphatic rings. The first-order valence-electron chi connectivity index (χ1n) is 6.76. The number of nitrogens with one attached hydrogen (secondary N) is 1. The van der Waals surface area contributed by atoms with E-state index in [2.05, 4.69) is 5.32 Å². The van der Waals surface area contributed by atoms with Gasteiger partial charge in [0.25, 0.3) is 11.6 Å².